The number of halogens is 1. The van der Waals surface area contributed by atoms with Crippen LogP contribution in [0.15, 0.2) is 102 Å². The number of hydrogen-bond acceptors (Lipinski definition) is 3. The fraction of sp³-hybridized carbons (Fsp3) is 0.188. The van der Waals surface area contributed by atoms with Crippen molar-refractivity contribution in [1.29, 1.82) is 0 Å². The summed E-state index contributed by atoms with van der Waals surface area (Å²) in [6.07, 6.45) is 11.5. The maximum Gasteiger partial charge on any atom is 0.233 e. The summed E-state index contributed by atoms with van der Waals surface area (Å²) in [5, 5.41) is 7.00. The zero-order valence-electron chi connectivity index (χ0n) is 20.6. The highest BCUT2D eigenvalue weighted by Crippen LogP contribution is 2.65. The average molecular weight is 505 g/mol. The molecule has 1 N–H and O–H groups in total. The summed E-state index contributed by atoms with van der Waals surface area (Å²) >= 11 is 1.40. The second-order valence-electron chi connectivity index (χ2n) is 10.7. The fourth-order valence-electron chi connectivity index (χ4n) is 6.83. The molecule has 3 atom stereocenters. The Kier molecular flexibility index (Phi) is 4.59. The molecule has 3 nitrogen and oxygen atoms in total. The van der Waals surface area contributed by atoms with E-state index in [9.17, 15) is 9.18 Å². The second kappa shape index (κ2) is 7.59. The number of carbonyl (C=O) groups excluding carboxylic acids is 1. The number of anilines is 1. The van der Waals surface area contributed by atoms with Crippen molar-refractivity contribution >= 4 is 33.1 Å². The number of thiazole rings is 1. The molecule has 5 heteroatoms. The van der Waals surface area contributed by atoms with Gasteiger partial charge in [0.15, 0.2) is 5.13 Å². The summed E-state index contributed by atoms with van der Waals surface area (Å²) in [4.78, 5) is 18.9. The molecule has 1 spiro atoms. The lowest BCUT2D eigenvalue weighted by molar-refractivity contribution is -0.129. The molecule has 0 saturated heterocycles. The zero-order chi connectivity index (χ0) is 25.4. The number of benzene rings is 3. The Bertz CT molecular complexity index is 1710. The second-order valence-corrected chi connectivity index (χ2v) is 11.6. The van der Waals surface area contributed by atoms with Gasteiger partial charge in [0.25, 0.3) is 0 Å². The van der Waals surface area contributed by atoms with Crippen LogP contribution in [-0.4, -0.2) is 10.9 Å². The molecule has 4 aliphatic carbocycles. The molecule has 0 saturated carbocycles. The molecule has 1 heterocycles. The molecule has 3 aromatic carbocycles. The highest BCUT2D eigenvalue weighted by Gasteiger charge is 2.63. The Hall–Kier alpha value is -3.83. The van der Waals surface area contributed by atoms with E-state index >= 15 is 0 Å². The largest absolute Gasteiger partial charge is 0.301 e. The van der Waals surface area contributed by atoms with Crippen LogP contribution in [0.2, 0.25) is 0 Å². The van der Waals surface area contributed by atoms with E-state index in [0.717, 1.165) is 16.6 Å². The third kappa shape index (κ3) is 2.92. The number of fused-ring (bicyclic) bond motifs is 2. The standard InChI is InChI=1S/C32H25FN2OS/c1-30-19-31(2,32(16-8-7-9-20(30)17-32)25-13-6-5-12-24(25)30)28(36)35-29-34-27(18-37-29)23-14-15-26(33)22-11-4-3-10-21(22)23/h3-18H,19H2,1-2H3,(H,34,35,36). The number of nitrogens with zero attached hydrogens (tertiary/aromatic N) is 1. The third-order valence-electron chi connectivity index (χ3n) is 8.73. The number of nitrogens with one attached hydrogen (secondary N) is 1. The van der Waals surface area contributed by atoms with Gasteiger partial charge < -0.3 is 5.32 Å². The molecule has 4 aliphatic rings. The number of allylic oxidation sites excluding steroid dienone is 6. The van der Waals surface area contributed by atoms with Crippen LogP contribution in [0.4, 0.5) is 9.52 Å². The summed E-state index contributed by atoms with van der Waals surface area (Å²) in [6, 6.07) is 19.2. The quantitative estimate of drug-likeness (QED) is 0.310. The molecule has 0 radical (unpaired) electrons. The Morgan fingerprint density at radius 3 is 2.57 bits per heavy atom. The number of rotatable bonds is 3. The van der Waals surface area contributed by atoms with Crippen molar-refractivity contribution in [2.75, 3.05) is 5.32 Å². The van der Waals surface area contributed by atoms with Crippen molar-refractivity contribution < 1.29 is 9.18 Å². The summed E-state index contributed by atoms with van der Waals surface area (Å²) < 4.78 is 14.4. The van der Waals surface area contributed by atoms with Crippen molar-refractivity contribution in [2.45, 2.75) is 31.1 Å². The van der Waals surface area contributed by atoms with Gasteiger partial charge in [-0.2, -0.15) is 0 Å². The SMILES string of the molecule is CC12CC(C)(C(=O)Nc3nc(-c4ccc(F)c5ccccc45)cs3)C3(C=CC=CC1=C3)c1ccccc12. The number of hydrogen-bond donors (Lipinski definition) is 1. The maximum absolute atomic E-state index is 14.4. The summed E-state index contributed by atoms with van der Waals surface area (Å²) in [7, 11) is 0. The van der Waals surface area contributed by atoms with Crippen molar-refractivity contribution in [3.05, 3.63) is 119 Å². The first-order valence-electron chi connectivity index (χ1n) is 12.5. The monoisotopic (exact) mass is 504 g/mol. The summed E-state index contributed by atoms with van der Waals surface area (Å²) in [5.74, 6) is -0.297. The van der Waals surface area contributed by atoms with Crippen LogP contribution in [0.3, 0.4) is 0 Å². The average Bonchev–Trinajstić information content (AvgIpc) is 3.27. The number of aromatic nitrogens is 1. The summed E-state index contributed by atoms with van der Waals surface area (Å²) in [5.41, 5.74) is 3.82. The highest BCUT2D eigenvalue weighted by molar-refractivity contribution is 7.14. The number of carbonyl (C=O) groups is 1. The third-order valence-corrected chi connectivity index (χ3v) is 9.48. The molecule has 37 heavy (non-hydrogen) atoms. The normalized spacial score (nSPS) is 27.1. The van der Waals surface area contributed by atoms with Gasteiger partial charge in [0.2, 0.25) is 5.91 Å². The van der Waals surface area contributed by atoms with E-state index in [1.54, 1.807) is 12.1 Å². The van der Waals surface area contributed by atoms with Gasteiger partial charge in [0.1, 0.15) is 5.82 Å². The van der Waals surface area contributed by atoms with Gasteiger partial charge in [-0.15, -0.1) is 11.3 Å². The van der Waals surface area contributed by atoms with E-state index in [1.165, 1.54) is 34.1 Å². The lowest BCUT2D eigenvalue weighted by atomic mass is 9.43. The van der Waals surface area contributed by atoms with E-state index in [4.69, 9.17) is 4.98 Å². The molecular formula is C32H25FN2OS. The minimum atomic E-state index is -0.712. The van der Waals surface area contributed by atoms with Crippen LogP contribution in [0.25, 0.3) is 22.0 Å². The molecule has 0 aliphatic heterocycles. The zero-order valence-corrected chi connectivity index (χ0v) is 21.4. The molecular weight excluding hydrogens is 479 g/mol. The smallest absolute Gasteiger partial charge is 0.233 e. The van der Waals surface area contributed by atoms with Crippen LogP contribution in [0.5, 0.6) is 0 Å². The lowest BCUT2D eigenvalue weighted by Gasteiger charge is -2.59. The van der Waals surface area contributed by atoms with Gasteiger partial charge in [-0.05, 0) is 47.6 Å². The Balaban J connectivity index is 1.28. The topological polar surface area (TPSA) is 42.0 Å². The minimum Gasteiger partial charge on any atom is -0.301 e. The van der Waals surface area contributed by atoms with Crippen molar-refractivity contribution in [3.63, 3.8) is 0 Å². The summed E-state index contributed by atoms with van der Waals surface area (Å²) in [6.45, 7) is 4.34. The van der Waals surface area contributed by atoms with Gasteiger partial charge in [-0.25, -0.2) is 9.37 Å². The highest BCUT2D eigenvalue weighted by atomic mass is 32.1. The van der Waals surface area contributed by atoms with Crippen molar-refractivity contribution in [2.24, 2.45) is 5.41 Å². The molecule has 0 fully saturated rings. The van der Waals surface area contributed by atoms with E-state index < -0.39 is 10.8 Å². The van der Waals surface area contributed by atoms with E-state index in [2.05, 4.69) is 73.8 Å². The van der Waals surface area contributed by atoms with Crippen LogP contribution in [0.1, 0.15) is 31.4 Å². The van der Waals surface area contributed by atoms with Crippen LogP contribution in [-0.2, 0) is 15.6 Å². The molecule has 8 rings (SSSR count). The predicted molar refractivity (Wildman–Crippen MR) is 148 cm³/mol. The van der Waals surface area contributed by atoms with E-state index in [-0.39, 0.29) is 17.1 Å². The number of amides is 1. The van der Waals surface area contributed by atoms with E-state index in [0.29, 0.717) is 16.9 Å². The molecule has 3 bridgehead atoms. The van der Waals surface area contributed by atoms with Crippen LogP contribution < -0.4 is 5.32 Å². The lowest BCUT2D eigenvalue weighted by Crippen LogP contribution is -2.60. The Morgan fingerprint density at radius 2 is 1.73 bits per heavy atom. The minimum absolute atomic E-state index is 0.0417. The van der Waals surface area contributed by atoms with Crippen molar-refractivity contribution in [1.82, 2.24) is 4.98 Å². The first-order valence-corrected chi connectivity index (χ1v) is 13.4. The maximum atomic E-state index is 14.4. The van der Waals surface area contributed by atoms with Gasteiger partial charge in [-0.1, -0.05) is 85.8 Å². The Morgan fingerprint density at radius 1 is 0.973 bits per heavy atom. The predicted octanol–water partition coefficient (Wildman–Crippen LogP) is 7.71. The van der Waals surface area contributed by atoms with Crippen molar-refractivity contribution in [3.8, 4) is 11.3 Å². The van der Waals surface area contributed by atoms with Crippen LogP contribution in [0, 0.1) is 11.2 Å². The molecule has 1 amide bonds. The van der Waals surface area contributed by atoms with E-state index in [1.807, 2.05) is 23.6 Å². The van der Waals surface area contributed by atoms with Gasteiger partial charge in [0, 0.05) is 27.2 Å². The Labute approximate surface area is 219 Å². The molecule has 4 aromatic rings. The van der Waals surface area contributed by atoms with Gasteiger partial charge >= 0.3 is 0 Å². The first kappa shape index (κ1) is 22.4. The molecule has 3 unspecified atom stereocenters. The van der Waals surface area contributed by atoms with Gasteiger partial charge in [-0.3, -0.25) is 4.79 Å². The molecule has 182 valence electrons. The van der Waals surface area contributed by atoms with Crippen LogP contribution >= 0.6 is 11.3 Å². The van der Waals surface area contributed by atoms with Gasteiger partial charge in [0.05, 0.1) is 11.1 Å². The molecule has 1 aromatic heterocycles. The first-order chi connectivity index (χ1) is 17.9. The fourth-order valence-corrected chi connectivity index (χ4v) is 7.54.